The van der Waals surface area contributed by atoms with E-state index in [0.29, 0.717) is 12.6 Å². The van der Waals surface area contributed by atoms with E-state index in [-0.39, 0.29) is 36.4 Å². The molecule has 0 heterocycles. The fourth-order valence-corrected chi connectivity index (χ4v) is 3.25. The van der Waals surface area contributed by atoms with Crippen LogP contribution in [0, 0.1) is 5.92 Å². The third-order valence-electron chi connectivity index (χ3n) is 4.52. The topological polar surface area (TPSA) is 56.7 Å². The van der Waals surface area contributed by atoms with E-state index in [4.69, 9.17) is 0 Å². The molecule has 1 aliphatic rings. The van der Waals surface area contributed by atoms with Gasteiger partial charge in [0.1, 0.15) is 0 Å². The number of halogens is 2. The molecule has 2 N–H and O–H groups in total. The van der Waals surface area contributed by atoms with Gasteiger partial charge in [0.05, 0.1) is 13.1 Å². The van der Waals surface area contributed by atoms with Crippen LogP contribution < -0.4 is 10.6 Å². The third kappa shape index (κ3) is 8.24. The van der Waals surface area contributed by atoms with Crippen molar-refractivity contribution >= 4 is 51.8 Å². The van der Waals surface area contributed by atoms with Crippen LogP contribution >= 0.6 is 39.9 Å². The SMILES string of the molecule is CC1CCCC(NC(=NCc2ccc(Br)cc2)NCC(=O)N(C)C)C1.I. The maximum atomic E-state index is 11.9. The summed E-state index contributed by atoms with van der Waals surface area (Å²) in [5, 5.41) is 6.70. The molecule has 0 bridgehead atoms. The Morgan fingerprint density at radius 3 is 2.58 bits per heavy atom. The molecule has 0 saturated heterocycles. The van der Waals surface area contributed by atoms with Crippen LogP contribution in [0.2, 0.25) is 0 Å². The summed E-state index contributed by atoms with van der Waals surface area (Å²) in [5.74, 6) is 1.50. The Hall–Kier alpha value is -0.830. The second-order valence-corrected chi connectivity index (χ2v) is 7.96. The first-order chi connectivity index (χ1) is 11.9. The molecule has 7 heteroatoms. The monoisotopic (exact) mass is 536 g/mol. The molecule has 1 fully saturated rings. The van der Waals surface area contributed by atoms with Gasteiger partial charge in [-0.1, -0.05) is 47.8 Å². The van der Waals surface area contributed by atoms with Gasteiger partial charge in [-0.25, -0.2) is 4.99 Å². The van der Waals surface area contributed by atoms with E-state index in [1.54, 1.807) is 19.0 Å². The minimum atomic E-state index is 0. The number of hydrogen-bond acceptors (Lipinski definition) is 2. The van der Waals surface area contributed by atoms with E-state index in [1.807, 2.05) is 12.1 Å². The zero-order valence-electron chi connectivity index (χ0n) is 15.8. The van der Waals surface area contributed by atoms with Crippen LogP contribution in [0.5, 0.6) is 0 Å². The molecule has 0 radical (unpaired) electrons. The summed E-state index contributed by atoms with van der Waals surface area (Å²) < 4.78 is 1.06. The van der Waals surface area contributed by atoms with Gasteiger partial charge in [-0.05, 0) is 36.5 Å². The van der Waals surface area contributed by atoms with Gasteiger partial charge in [0.25, 0.3) is 0 Å². The zero-order chi connectivity index (χ0) is 18.2. The van der Waals surface area contributed by atoms with Crippen molar-refractivity contribution in [1.29, 1.82) is 0 Å². The highest BCUT2D eigenvalue weighted by molar-refractivity contribution is 14.0. The average molecular weight is 537 g/mol. The maximum Gasteiger partial charge on any atom is 0.241 e. The standard InChI is InChI=1S/C19H29BrN4O.HI/c1-14-5-4-6-17(11-14)23-19(22-13-18(25)24(2)3)21-12-15-7-9-16(20)10-8-15;/h7-10,14,17H,4-6,11-13H2,1-3H3,(H2,21,22,23);1H. The van der Waals surface area contributed by atoms with Crippen molar-refractivity contribution in [3.05, 3.63) is 34.3 Å². The van der Waals surface area contributed by atoms with Gasteiger partial charge in [0.15, 0.2) is 5.96 Å². The Kier molecular flexibility index (Phi) is 10.5. The predicted octanol–water partition coefficient (Wildman–Crippen LogP) is 3.77. The number of carbonyl (C=O) groups excluding carboxylic acids is 1. The van der Waals surface area contributed by atoms with Gasteiger partial charge in [-0.3, -0.25) is 4.79 Å². The summed E-state index contributed by atoms with van der Waals surface area (Å²) >= 11 is 3.45. The lowest BCUT2D eigenvalue weighted by molar-refractivity contribution is -0.127. The van der Waals surface area contributed by atoms with Crippen molar-refractivity contribution in [2.75, 3.05) is 20.6 Å². The average Bonchev–Trinajstić information content (AvgIpc) is 2.58. The molecule has 1 saturated carbocycles. The van der Waals surface area contributed by atoms with Crippen LogP contribution in [0.1, 0.15) is 38.2 Å². The minimum Gasteiger partial charge on any atom is -0.354 e. The highest BCUT2D eigenvalue weighted by Crippen LogP contribution is 2.23. The lowest BCUT2D eigenvalue weighted by Gasteiger charge is -2.29. The molecule has 2 unspecified atom stereocenters. The molecular weight excluding hydrogens is 507 g/mol. The van der Waals surface area contributed by atoms with E-state index in [0.717, 1.165) is 34.8 Å². The van der Waals surface area contributed by atoms with Gasteiger partial charge < -0.3 is 15.5 Å². The molecule has 1 aromatic rings. The van der Waals surface area contributed by atoms with Crippen LogP contribution in [0.3, 0.4) is 0 Å². The fraction of sp³-hybridized carbons (Fsp3) is 0.579. The largest absolute Gasteiger partial charge is 0.354 e. The Bertz CT molecular complexity index is 592. The first-order valence-corrected chi connectivity index (χ1v) is 9.73. The summed E-state index contributed by atoms with van der Waals surface area (Å²) in [7, 11) is 3.53. The van der Waals surface area contributed by atoms with Crippen LogP contribution in [0.25, 0.3) is 0 Å². The summed E-state index contributed by atoms with van der Waals surface area (Å²) in [6.45, 7) is 3.14. The van der Waals surface area contributed by atoms with E-state index >= 15 is 0 Å². The molecule has 26 heavy (non-hydrogen) atoms. The van der Waals surface area contributed by atoms with Crippen molar-refractivity contribution in [1.82, 2.24) is 15.5 Å². The van der Waals surface area contributed by atoms with Crippen LogP contribution in [-0.4, -0.2) is 43.4 Å². The first-order valence-electron chi connectivity index (χ1n) is 8.93. The van der Waals surface area contributed by atoms with Gasteiger partial charge in [-0.15, -0.1) is 24.0 Å². The third-order valence-corrected chi connectivity index (χ3v) is 5.04. The van der Waals surface area contributed by atoms with Gasteiger partial charge >= 0.3 is 0 Å². The minimum absolute atomic E-state index is 0. The van der Waals surface area contributed by atoms with Crippen molar-refractivity contribution < 1.29 is 4.79 Å². The summed E-state index contributed by atoms with van der Waals surface area (Å²) in [4.78, 5) is 18.1. The molecule has 2 rings (SSSR count). The predicted molar refractivity (Wildman–Crippen MR) is 122 cm³/mol. The zero-order valence-corrected chi connectivity index (χ0v) is 19.7. The smallest absolute Gasteiger partial charge is 0.241 e. The molecule has 5 nitrogen and oxygen atoms in total. The number of amides is 1. The number of aliphatic imine (C=N–C) groups is 1. The van der Waals surface area contributed by atoms with Crippen molar-refractivity contribution in [2.45, 2.75) is 45.2 Å². The quantitative estimate of drug-likeness (QED) is 0.342. The van der Waals surface area contributed by atoms with E-state index in [2.05, 4.69) is 50.6 Å². The van der Waals surface area contributed by atoms with Crippen LogP contribution in [0.15, 0.2) is 33.7 Å². The highest BCUT2D eigenvalue weighted by Gasteiger charge is 2.20. The summed E-state index contributed by atoms with van der Waals surface area (Å²) in [5.41, 5.74) is 1.14. The second kappa shape index (κ2) is 11.8. The van der Waals surface area contributed by atoms with Crippen molar-refractivity contribution in [3.8, 4) is 0 Å². The van der Waals surface area contributed by atoms with Crippen LogP contribution in [-0.2, 0) is 11.3 Å². The normalized spacial score (nSPS) is 20.1. The molecular formula is C19H30BrIN4O. The van der Waals surface area contributed by atoms with E-state index < -0.39 is 0 Å². The van der Waals surface area contributed by atoms with Gasteiger partial charge in [0.2, 0.25) is 5.91 Å². The second-order valence-electron chi connectivity index (χ2n) is 7.05. The molecule has 1 aromatic carbocycles. The maximum absolute atomic E-state index is 11.9. The highest BCUT2D eigenvalue weighted by atomic mass is 127. The molecule has 1 amide bonds. The number of hydrogen-bond donors (Lipinski definition) is 2. The molecule has 0 spiro atoms. The molecule has 2 atom stereocenters. The number of benzene rings is 1. The lowest BCUT2D eigenvalue weighted by Crippen LogP contribution is -2.47. The summed E-state index contributed by atoms with van der Waals surface area (Å²) in [6, 6.07) is 8.57. The first kappa shape index (κ1) is 23.2. The number of rotatable bonds is 5. The number of nitrogens with zero attached hydrogens (tertiary/aromatic N) is 2. The Labute approximate surface area is 182 Å². The number of carbonyl (C=O) groups is 1. The lowest BCUT2D eigenvalue weighted by atomic mass is 9.87. The van der Waals surface area contributed by atoms with Gasteiger partial charge in [0, 0.05) is 24.6 Å². The molecule has 146 valence electrons. The molecule has 1 aliphatic carbocycles. The number of likely N-dealkylation sites (N-methyl/N-ethyl adjacent to an activating group) is 1. The fourth-order valence-electron chi connectivity index (χ4n) is 2.99. The molecule has 0 aliphatic heterocycles. The Morgan fingerprint density at radius 1 is 1.27 bits per heavy atom. The number of nitrogens with one attached hydrogen (secondary N) is 2. The van der Waals surface area contributed by atoms with Gasteiger partial charge in [-0.2, -0.15) is 0 Å². The number of guanidine groups is 1. The van der Waals surface area contributed by atoms with Crippen molar-refractivity contribution in [3.63, 3.8) is 0 Å². The Balaban J connectivity index is 0.00000338. The van der Waals surface area contributed by atoms with Crippen LogP contribution in [0.4, 0.5) is 0 Å². The van der Waals surface area contributed by atoms with E-state index in [1.165, 1.54) is 12.8 Å². The van der Waals surface area contributed by atoms with Crippen molar-refractivity contribution in [2.24, 2.45) is 10.9 Å². The van der Waals surface area contributed by atoms with E-state index in [9.17, 15) is 4.79 Å². The summed E-state index contributed by atoms with van der Waals surface area (Å²) in [6.07, 6.45) is 4.86. The molecule has 0 aromatic heterocycles. The Morgan fingerprint density at radius 2 is 1.96 bits per heavy atom.